The van der Waals surface area contributed by atoms with Gasteiger partial charge >= 0.3 is 0 Å². The molecule has 7 nitrogen and oxygen atoms in total. The van der Waals surface area contributed by atoms with Crippen LogP contribution in [0.3, 0.4) is 0 Å². The minimum Gasteiger partial charge on any atom is -0.469 e. The summed E-state index contributed by atoms with van der Waals surface area (Å²) in [5.74, 6) is 1.74. The highest BCUT2D eigenvalue weighted by Gasteiger charge is 2.23. The number of anilines is 1. The highest BCUT2D eigenvalue weighted by molar-refractivity contribution is 7.99. The maximum atomic E-state index is 12.7. The van der Waals surface area contributed by atoms with E-state index < -0.39 is 0 Å². The zero-order chi connectivity index (χ0) is 21.8. The monoisotopic (exact) mass is 440 g/mol. The van der Waals surface area contributed by atoms with Crippen molar-refractivity contribution in [3.05, 3.63) is 47.4 Å². The number of aromatic nitrogens is 3. The van der Waals surface area contributed by atoms with E-state index in [4.69, 9.17) is 9.15 Å². The third-order valence-electron chi connectivity index (χ3n) is 5.56. The zero-order valence-corrected chi connectivity index (χ0v) is 19.0. The van der Waals surface area contributed by atoms with Crippen LogP contribution in [0.15, 0.2) is 40.1 Å². The fraction of sp³-hybridized carbons (Fsp3) is 0.435. The van der Waals surface area contributed by atoms with Gasteiger partial charge in [-0.2, -0.15) is 0 Å². The SMILES string of the molecule is CCc1cccc(C)c1NC(=O)CSc1nnc(-c2ccoc2C)n1C[C@H]1CCCO1. The van der Waals surface area contributed by atoms with Gasteiger partial charge in [-0.05, 0) is 50.3 Å². The van der Waals surface area contributed by atoms with E-state index in [0.29, 0.717) is 11.7 Å². The first-order valence-electron chi connectivity index (χ1n) is 10.7. The Labute approximate surface area is 186 Å². The van der Waals surface area contributed by atoms with Crippen LogP contribution in [0.1, 0.15) is 36.7 Å². The van der Waals surface area contributed by atoms with Crippen molar-refractivity contribution in [2.24, 2.45) is 0 Å². The summed E-state index contributed by atoms with van der Waals surface area (Å²) < 4.78 is 13.4. The second-order valence-corrected chi connectivity index (χ2v) is 8.68. The summed E-state index contributed by atoms with van der Waals surface area (Å²) in [6, 6.07) is 7.98. The van der Waals surface area contributed by atoms with Crippen molar-refractivity contribution >= 4 is 23.4 Å². The maximum Gasteiger partial charge on any atom is 0.234 e. The zero-order valence-electron chi connectivity index (χ0n) is 18.2. The average Bonchev–Trinajstić information content (AvgIpc) is 3.50. The lowest BCUT2D eigenvalue weighted by Crippen LogP contribution is -2.19. The molecule has 2 aromatic heterocycles. The number of ether oxygens (including phenoxy) is 1. The number of carbonyl (C=O) groups excluding carboxylic acids is 1. The predicted molar refractivity (Wildman–Crippen MR) is 121 cm³/mol. The van der Waals surface area contributed by atoms with Crippen molar-refractivity contribution in [3.8, 4) is 11.4 Å². The molecule has 1 atom stereocenters. The minimum absolute atomic E-state index is 0.0540. The second-order valence-electron chi connectivity index (χ2n) is 7.74. The number of thioether (sulfide) groups is 1. The van der Waals surface area contributed by atoms with Crippen molar-refractivity contribution < 1.29 is 13.9 Å². The third-order valence-corrected chi connectivity index (χ3v) is 6.53. The van der Waals surface area contributed by atoms with Crippen LogP contribution in [-0.2, 0) is 22.5 Å². The van der Waals surface area contributed by atoms with Crippen molar-refractivity contribution in [1.29, 1.82) is 0 Å². The quantitative estimate of drug-likeness (QED) is 0.515. The van der Waals surface area contributed by atoms with Gasteiger partial charge in [-0.3, -0.25) is 9.36 Å². The van der Waals surface area contributed by atoms with Gasteiger partial charge in [0.25, 0.3) is 0 Å². The molecule has 0 saturated carbocycles. The maximum absolute atomic E-state index is 12.7. The lowest BCUT2D eigenvalue weighted by atomic mass is 10.1. The fourth-order valence-corrected chi connectivity index (χ4v) is 4.62. The molecule has 1 fully saturated rings. The fourth-order valence-electron chi connectivity index (χ4n) is 3.88. The van der Waals surface area contributed by atoms with Crippen LogP contribution in [0.2, 0.25) is 0 Å². The molecule has 1 aliphatic rings. The van der Waals surface area contributed by atoms with Crippen molar-refractivity contribution in [3.63, 3.8) is 0 Å². The van der Waals surface area contributed by atoms with Gasteiger partial charge in [0.05, 0.1) is 30.2 Å². The number of hydrogen-bond donors (Lipinski definition) is 1. The summed E-state index contributed by atoms with van der Waals surface area (Å²) in [4.78, 5) is 12.7. The summed E-state index contributed by atoms with van der Waals surface area (Å²) in [7, 11) is 0. The van der Waals surface area contributed by atoms with Gasteiger partial charge in [-0.1, -0.05) is 36.9 Å². The van der Waals surface area contributed by atoms with Gasteiger partial charge in [0.15, 0.2) is 11.0 Å². The molecule has 0 aliphatic carbocycles. The minimum atomic E-state index is -0.0540. The number of hydrogen-bond acceptors (Lipinski definition) is 6. The predicted octanol–water partition coefficient (Wildman–Crippen LogP) is 4.63. The van der Waals surface area contributed by atoms with E-state index in [2.05, 4.69) is 27.0 Å². The number of rotatable bonds is 8. The molecule has 4 rings (SSSR count). The first-order chi connectivity index (χ1) is 15.1. The molecule has 0 radical (unpaired) electrons. The lowest BCUT2D eigenvalue weighted by molar-refractivity contribution is -0.113. The second kappa shape index (κ2) is 9.70. The number of nitrogens with one attached hydrogen (secondary N) is 1. The lowest BCUT2D eigenvalue weighted by Gasteiger charge is -2.15. The molecule has 1 aliphatic heterocycles. The van der Waals surface area contributed by atoms with Crippen molar-refractivity contribution in [2.75, 3.05) is 17.7 Å². The molecular weight excluding hydrogens is 412 g/mol. The highest BCUT2D eigenvalue weighted by atomic mass is 32.2. The Bertz CT molecular complexity index is 1050. The molecule has 8 heteroatoms. The molecule has 164 valence electrons. The van der Waals surface area contributed by atoms with Gasteiger partial charge < -0.3 is 14.5 Å². The Morgan fingerprint density at radius 1 is 1.29 bits per heavy atom. The van der Waals surface area contributed by atoms with E-state index in [1.54, 1.807) is 6.26 Å². The Morgan fingerprint density at radius 3 is 2.87 bits per heavy atom. The van der Waals surface area contributed by atoms with Crippen molar-refractivity contribution in [1.82, 2.24) is 14.8 Å². The van der Waals surface area contributed by atoms with E-state index >= 15 is 0 Å². The molecular formula is C23H28N4O3S. The van der Waals surface area contributed by atoms with Crippen LogP contribution < -0.4 is 5.32 Å². The summed E-state index contributed by atoms with van der Waals surface area (Å²) in [5.41, 5.74) is 4.02. The van der Waals surface area contributed by atoms with Crippen LogP contribution in [0.25, 0.3) is 11.4 Å². The standard InChI is InChI=1S/C23H28N4O3S/c1-4-17-8-5-7-15(2)21(17)24-20(28)14-31-23-26-25-22(19-10-12-29-16(19)3)27(23)13-18-9-6-11-30-18/h5,7-8,10,12,18H,4,6,9,11,13-14H2,1-3H3,(H,24,28)/t18-/m1/s1. The summed E-state index contributed by atoms with van der Waals surface area (Å²) in [6.45, 7) is 7.46. The molecule has 0 bridgehead atoms. The van der Waals surface area contributed by atoms with Crippen LogP contribution in [0.5, 0.6) is 0 Å². The first kappa shape index (κ1) is 21.6. The van der Waals surface area contributed by atoms with Gasteiger partial charge in [0.2, 0.25) is 5.91 Å². The normalized spacial score (nSPS) is 16.0. The Balaban J connectivity index is 1.51. The van der Waals surface area contributed by atoms with Crippen LogP contribution in [0, 0.1) is 13.8 Å². The van der Waals surface area contributed by atoms with E-state index in [9.17, 15) is 4.79 Å². The molecule has 1 N–H and O–H groups in total. The van der Waals surface area contributed by atoms with E-state index in [1.807, 2.05) is 38.1 Å². The summed E-state index contributed by atoms with van der Waals surface area (Å²) in [5, 5.41) is 12.6. The molecule has 3 aromatic rings. The van der Waals surface area contributed by atoms with E-state index in [1.165, 1.54) is 11.8 Å². The van der Waals surface area contributed by atoms with Gasteiger partial charge in [-0.25, -0.2) is 0 Å². The van der Waals surface area contributed by atoms with Crippen molar-refractivity contribution in [2.45, 2.75) is 57.8 Å². The largest absolute Gasteiger partial charge is 0.469 e. The first-order valence-corrected chi connectivity index (χ1v) is 11.7. The average molecular weight is 441 g/mol. The summed E-state index contributed by atoms with van der Waals surface area (Å²) in [6.07, 6.45) is 4.74. The molecule has 1 aromatic carbocycles. The number of benzene rings is 1. The Morgan fingerprint density at radius 2 is 2.16 bits per heavy atom. The number of aryl methyl sites for hydroxylation is 3. The molecule has 31 heavy (non-hydrogen) atoms. The third kappa shape index (κ3) is 4.85. The van der Waals surface area contributed by atoms with Gasteiger partial charge in [0.1, 0.15) is 5.76 Å². The van der Waals surface area contributed by atoms with E-state index in [0.717, 1.165) is 59.8 Å². The topological polar surface area (TPSA) is 82.2 Å². The van der Waals surface area contributed by atoms with Crippen LogP contribution in [-0.4, -0.2) is 39.1 Å². The Hall–Kier alpha value is -2.58. The number of furan rings is 1. The molecule has 1 saturated heterocycles. The Kier molecular flexibility index (Phi) is 6.77. The van der Waals surface area contributed by atoms with Gasteiger partial charge in [0, 0.05) is 12.3 Å². The molecule has 0 spiro atoms. The molecule has 0 unspecified atom stereocenters. The highest BCUT2D eigenvalue weighted by Crippen LogP contribution is 2.29. The van der Waals surface area contributed by atoms with Crippen LogP contribution in [0.4, 0.5) is 5.69 Å². The smallest absolute Gasteiger partial charge is 0.234 e. The molecule has 3 heterocycles. The number of nitrogens with zero attached hydrogens (tertiary/aromatic N) is 3. The number of amides is 1. The number of para-hydroxylation sites is 1. The van der Waals surface area contributed by atoms with Crippen LogP contribution >= 0.6 is 11.8 Å². The van der Waals surface area contributed by atoms with E-state index in [-0.39, 0.29) is 17.8 Å². The number of carbonyl (C=O) groups is 1. The van der Waals surface area contributed by atoms with Gasteiger partial charge in [-0.15, -0.1) is 10.2 Å². The molecule has 1 amide bonds. The summed E-state index contributed by atoms with van der Waals surface area (Å²) >= 11 is 1.39.